The van der Waals surface area contributed by atoms with Crippen molar-refractivity contribution < 1.29 is 4.79 Å². The second-order valence-electron chi connectivity index (χ2n) is 7.69. The van der Waals surface area contributed by atoms with Crippen LogP contribution in [-0.4, -0.2) is 33.9 Å². The van der Waals surface area contributed by atoms with Crippen LogP contribution >= 0.6 is 0 Å². The van der Waals surface area contributed by atoms with Crippen molar-refractivity contribution in [2.24, 2.45) is 5.92 Å². The van der Waals surface area contributed by atoms with Crippen LogP contribution in [-0.2, 0) is 6.54 Å². The maximum absolute atomic E-state index is 12.4. The fourth-order valence-corrected chi connectivity index (χ4v) is 3.56. The Morgan fingerprint density at radius 2 is 1.83 bits per heavy atom. The number of fused-ring (bicyclic) bond motifs is 1. The fourth-order valence-electron chi connectivity index (χ4n) is 3.56. The summed E-state index contributed by atoms with van der Waals surface area (Å²) in [7, 11) is 0. The van der Waals surface area contributed by atoms with E-state index in [0.29, 0.717) is 5.56 Å². The number of H-pyrrole nitrogens is 1. The van der Waals surface area contributed by atoms with Crippen molar-refractivity contribution in [2.75, 3.05) is 18.4 Å². The van der Waals surface area contributed by atoms with Gasteiger partial charge in [0.05, 0.1) is 17.6 Å². The van der Waals surface area contributed by atoms with Crippen molar-refractivity contribution in [2.45, 2.75) is 47.1 Å². The lowest BCUT2D eigenvalue weighted by Gasteiger charge is -2.29. The molecule has 0 saturated carbocycles. The zero-order chi connectivity index (χ0) is 20.8. The number of aryl methyl sites for hydroxylation is 1. The Balaban J connectivity index is 0.00000117. The lowest BCUT2D eigenvalue weighted by molar-refractivity contribution is 0.102. The number of likely N-dealkylation sites (tertiary alicyclic amines) is 1. The lowest BCUT2D eigenvalue weighted by atomic mass is 9.99. The first kappa shape index (κ1) is 21.1. The summed E-state index contributed by atoms with van der Waals surface area (Å²) in [6.45, 7) is 11.5. The average molecular weight is 393 g/mol. The molecule has 1 aliphatic rings. The minimum Gasteiger partial charge on any atom is -0.341 e. The van der Waals surface area contributed by atoms with Gasteiger partial charge in [0.2, 0.25) is 0 Å². The molecule has 3 aromatic rings. The molecule has 2 aromatic carbocycles. The van der Waals surface area contributed by atoms with E-state index in [9.17, 15) is 4.79 Å². The van der Waals surface area contributed by atoms with Gasteiger partial charge in [-0.25, -0.2) is 4.98 Å². The van der Waals surface area contributed by atoms with Crippen molar-refractivity contribution in [1.82, 2.24) is 14.9 Å². The maximum Gasteiger partial charge on any atom is 0.255 e. The van der Waals surface area contributed by atoms with Crippen molar-refractivity contribution in [3.05, 3.63) is 59.4 Å². The van der Waals surface area contributed by atoms with Gasteiger partial charge in [-0.3, -0.25) is 9.69 Å². The molecule has 4 rings (SSSR count). The molecule has 1 aliphatic heterocycles. The fraction of sp³-hybridized carbons (Fsp3) is 0.417. The monoisotopic (exact) mass is 392 g/mol. The van der Waals surface area contributed by atoms with Gasteiger partial charge in [-0.15, -0.1) is 0 Å². The molecule has 1 amide bonds. The number of nitrogens with one attached hydrogen (secondary N) is 2. The van der Waals surface area contributed by atoms with E-state index in [4.69, 9.17) is 4.98 Å². The van der Waals surface area contributed by atoms with Gasteiger partial charge in [-0.2, -0.15) is 0 Å². The summed E-state index contributed by atoms with van der Waals surface area (Å²) in [5.74, 6) is 1.72. The predicted molar refractivity (Wildman–Crippen MR) is 120 cm³/mol. The molecule has 2 heterocycles. The summed E-state index contributed by atoms with van der Waals surface area (Å²) in [6.07, 6.45) is 2.52. The third-order valence-corrected chi connectivity index (χ3v) is 5.35. The number of aromatic amines is 1. The number of carbonyl (C=O) groups is 1. The van der Waals surface area contributed by atoms with Crippen molar-refractivity contribution in [3.8, 4) is 0 Å². The first-order chi connectivity index (χ1) is 14.1. The summed E-state index contributed by atoms with van der Waals surface area (Å²) in [6, 6.07) is 13.4. The predicted octanol–water partition coefficient (Wildman–Crippen LogP) is 5.38. The molecular formula is C24H32N4O. The molecule has 1 saturated heterocycles. The molecule has 5 heteroatoms. The molecule has 0 bridgehead atoms. The molecule has 0 unspecified atom stereocenters. The summed E-state index contributed by atoms with van der Waals surface area (Å²) >= 11 is 0. The van der Waals surface area contributed by atoms with E-state index >= 15 is 0 Å². The van der Waals surface area contributed by atoms with Crippen molar-refractivity contribution >= 4 is 22.6 Å². The molecule has 154 valence electrons. The van der Waals surface area contributed by atoms with Gasteiger partial charge in [-0.05, 0) is 69.1 Å². The molecular weight excluding hydrogens is 360 g/mol. The van der Waals surface area contributed by atoms with Crippen LogP contribution in [0.3, 0.4) is 0 Å². The molecule has 0 radical (unpaired) electrons. The average Bonchev–Trinajstić information content (AvgIpc) is 3.13. The smallest absolute Gasteiger partial charge is 0.255 e. The summed E-state index contributed by atoms with van der Waals surface area (Å²) < 4.78 is 0. The third-order valence-electron chi connectivity index (χ3n) is 5.35. The lowest BCUT2D eigenvalue weighted by Crippen LogP contribution is -2.32. The van der Waals surface area contributed by atoms with Gasteiger partial charge in [0, 0.05) is 11.3 Å². The van der Waals surface area contributed by atoms with E-state index in [0.717, 1.165) is 53.7 Å². The topological polar surface area (TPSA) is 61.0 Å². The van der Waals surface area contributed by atoms with Crippen LogP contribution in [0.15, 0.2) is 42.5 Å². The van der Waals surface area contributed by atoms with Gasteiger partial charge in [0.15, 0.2) is 0 Å². The Kier molecular flexibility index (Phi) is 7.04. The number of hydrogen-bond donors (Lipinski definition) is 2. The highest BCUT2D eigenvalue weighted by atomic mass is 16.1. The largest absolute Gasteiger partial charge is 0.341 e. The number of anilines is 1. The molecule has 0 atom stereocenters. The van der Waals surface area contributed by atoms with Crippen LogP contribution in [0.2, 0.25) is 0 Å². The van der Waals surface area contributed by atoms with Gasteiger partial charge >= 0.3 is 0 Å². The Labute approximate surface area is 173 Å². The number of aromatic nitrogens is 2. The number of piperidine rings is 1. The highest BCUT2D eigenvalue weighted by Gasteiger charge is 2.17. The van der Waals surface area contributed by atoms with Gasteiger partial charge in [-0.1, -0.05) is 38.5 Å². The van der Waals surface area contributed by atoms with E-state index in [1.807, 2.05) is 63.2 Å². The second kappa shape index (κ2) is 9.70. The normalized spacial score (nSPS) is 15.0. The van der Waals surface area contributed by atoms with Crippen LogP contribution in [0.25, 0.3) is 11.0 Å². The number of imidazole rings is 1. The van der Waals surface area contributed by atoms with E-state index in [1.54, 1.807) is 0 Å². The number of carbonyl (C=O) groups excluding carboxylic acids is 1. The molecule has 1 fully saturated rings. The molecule has 0 aliphatic carbocycles. The number of hydrogen-bond acceptors (Lipinski definition) is 3. The van der Waals surface area contributed by atoms with Crippen LogP contribution < -0.4 is 5.32 Å². The van der Waals surface area contributed by atoms with E-state index < -0.39 is 0 Å². The van der Waals surface area contributed by atoms with Crippen LogP contribution in [0.5, 0.6) is 0 Å². The third kappa shape index (κ3) is 5.45. The highest BCUT2D eigenvalue weighted by molar-refractivity contribution is 6.04. The first-order valence-corrected chi connectivity index (χ1v) is 10.7. The van der Waals surface area contributed by atoms with Crippen LogP contribution in [0, 0.1) is 12.8 Å². The molecule has 1 aromatic heterocycles. The molecule has 5 nitrogen and oxygen atoms in total. The quantitative estimate of drug-likeness (QED) is 0.626. The zero-order valence-corrected chi connectivity index (χ0v) is 18.0. The van der Waals surface area contributed by atoms with E-state index in [1.165, 1.54) is 12.8 Å². The summed E-state index contributed by atoms with van der Waals surface area (Å²) in [4.78, 5) is 23.0. The van der Waals surface area contributed by atoms with Crippen LogP contribution in [0.1, 0.15) is 55.4 Å². The Hall–Kier alpha value is -2.66. The molecule has 29 heavy (non-hydrogen) atoms. The number of nitrogens with zero attached hydrogens (tertiary/aromatic N) is 2. The number of benzene rings is 2. The van der Waals surface area contributed by atoms with Crippen LogP contribution in [0.4, 0.5) is 5.69 Å². The Morgan fingerprint density at radius 3 is 2.52 bits per heavy atom. The van der Waals surface area contributed by atoms with E-state index in [-0.39, 0.29) is 5.91 Å². The Morgan fingerprint density at radius 1 is 1.14 bits per heavy atom. The number of rotatable bonds is 4. The second-order valence-corrected chi connectivity index (χ2v) is 7.69. The standard InChI is InChI=1S/C22H26N4O.C2H6/c1-15-3-5-17(6-4-15)22(27)23-18-7-8-19-20(13-18)25-21(24-19)14-26-11-9-16(2)10-12-26;1-2/h3-8,13,16H,9-12,14H2,1-2H3,(H,23,27)(H,24,25);1-2H3. The highest BCUT2D eigenvalue weighted by Crippen LogP contribution is 2.21. The minimum atomic E-state index is -0.100. The van der Waals surface area contributed by atoms with Gasteiger partial charge < -0.3 is 10.3 Å². The number of amides is 1. The molecule has 0 spiro atoms. The van der Waals surface area contributed by atoms with Gasteiger partial charge in [0.1, 0.15) is 5.82 Å². The van der Waals surface area contributed by atoms with Gasteiger partial charge in [0.25, 0.3) is 5.91 Å². The zero-order valence-electron chi connectivity index (χ0n) is 18.0. The first-order valence-electron chi connectivity index (χ1n) is 10.7. The van der Waals surface area contributed by atoms with Crippen molar-refractivity contribution in [1.29, 1.82) is 0 Å². The molecule has 2 N–H and O–H groups in total. The Bertz CT molecular complexity index is 937. The van der Waals surface area contributed by atoms with E-state index in [2.05, 4.69) is 22.1 Å². The van der Waals surface area contributed by atoms with Crippen molar-refractivity contribution in [3.63, 3.8) is 0 Å². The maximum atomic E-state index is 12.4. The SMILES string of the molecule is CC.Cc1ccc(C(=O)Nc2ccc3nc(CN4CCC(C)CC4)[nH]c3c2)cc1. The minimum absolute atomic E-state index is 0.100. The summed E-state index contributed by atoms with van der Waals surface area (Å²) in [5.41, 5.74) is 4.46. The summed E-state index contributed by atoms with van der Waals surface area (Å²) in [5, 5.41) is 2.97.